The van der Waals surface area contributed by atoms with Gasteiger partial charge in [-0.25, -0.2) is 0 Å². The summed E-state index contributed by atoms with van der Waals surface area (Å²) < 4.78 is 0. The Hall–Kier alpha value is 0. The third-order valence-electron chi connectivity index (χ3n) is 1.42. The predicted molar refractivity (Wildman–Crippen MR) is 43.3 cm³/mol. The monoisotopic (exact) mass is 127 g/mol. The molecule has 0 aromatic rings. The van der Waals surface area contributed by atoms with Crippen LogP contribution < -0.4 is 0 Å². The highest BCUT2D eigenvalue weighted by atomic mass is 14.1. The molecule has 0 atom stereocenters. The molecular weight excluding hydrogens is 108 g/mol. The molecule has 0 saturated heterocycles. The maximum Gasteiger partial charge on any atom is -0.0383 e. The van der Waals surface area contributed by atoms with E-state index in [4.69, 9.17) is 0 Å². The molecule has 0 fully saturated rings. The van der Waals surface area contributed by atoms with Gasteiger partial charge in [-0.15, -0.1) is 0 Å². The van der Waals surface area contributed by atoms with Gasteiger partial charge in [0, 0.05) is 0 Å². The van der Waals surface area contributed by atoms with Crippen molar-refractivity contribution in [1.29, 1.82) is 0 Å². The van der Waals surface area contributed by atoms with Crippen LogP contribution >= 0.6 is 0 Å². The van der Waals surface area contributed by atoms with Crippen LogP contribution in [0.4, 0.5) is 0 Å². The highest BCUT2D eigenvalue weighted by molar-refractivity contribution is 4.64. The Labute approximate surface area is 59.7 Å². The first-order chi connectivity index (χ1) is 4.06. The molecule has 0 aromatic carbocycles. The molecule has 0 nitrogen and oxygen atoms in total. The Morgan fingerprint density at radius 3 is 2.11 bits per heavy atom. The Bertz CT molecular complexity index is 56.9. The summed E-state index contributed by atoms with van der Waals surface area (Å²) in [5, 5.41) is 0. The van der Waals surface area contributed by atoms with Crippen LogP contribution in [0.3, 0.4) is 0 Å². The zero-order valence-corrected chi connectivity index (χ0v) is 7.20. The molecule has 0 rings (SSSR count). The van der Waals surface area contributed by atoms with Gasteiger partial charge in [0.05, 0.1) is 0 Å². The third-order valence-corrected chi connectivity index (χ3v) is 1.42. The molecular formula is C9H19. The van der Waals surface area contributed by atoms with Crippen LogP contribution in [-0.2, 0) is 0 Å². The molecule has 0 aliphatic heterocycles. The average Bonchev–Trinajstić information content (AvgIpc) is 1.63. The molecule has 0 aliphatic rings. The van der Waals surface area contributed by atoms with Gasteiger partial charge < -0.3 is 0 Å². The topological polar surface area (TPSA) is 0 Å². The fourth-order valence-electron chi connectivity index (χ4n) is 0.837. The van der Waals surface area contributed by atoms with Crippen LogP contribution in [0, 0.1) is 11.8 Å². The van der Waals surface area contributed by atoms with Crippen LogP contribution in [0.25, 0.3) is 0 Å². The van der Waals surface area contributed by atoms with E-state index in [1.165, 1.54) is 19.3 Å². The highest BCUT2D eigenvalue weighted by Crippen LogP contribution is 2.21. The van der Waals surface area contributed by atoms with Gasteiger partial charge in [-0.1, -0.05) is 40.5 Å². The molecule has 0 bridgehead atoms. The summed E-state index contributed by atoms with van der Waals surface area (Å²) in [7, 11) is 0. The van der Waals surface area contributed by atoms with Gasteiger partial charge in [0.1, 0.15) is 0 Å². The Morgan fingerprint density at radius 1 is 1.22 bits per heavy atom. The Balaban J connectivity index is 3.07. The zero-order chi connectivity index (χ0) is 7.33. The van der Waals surface area contributed by atoms with E-state index in [0.29, 0.717) is 5.41 Å². The number of hydrogen-bond donors (Lipinski definition) is 0. The van der Waals surface area contributed by atoms with Crippen molar-refractivity contribution in [3.63, 3.8) is 0 Å². The van der Waals surface area contributed by atoms with E-state index in [9.17, 15) is 0 Å². The fourth-order valence-corrected chi connectivity index (χ4v) is 0.837. The molecule has 55 valence electrons. The van der Waals surface area contributed by atoms with Crippen molar-refractivity contribution in [2.45, 2.75) is 47.0 Å². The lowest BCUT2D eigenvalue weighted by molar-refractivity contribution is 0.365. The van der Waals surface area contributed by atoms with Crippen molar-refractivity contribution < 1.29 is 0 Å². The molecule has 0 saturated carbocycles. The van der Waals surface area contributed by atoms with Crippen LogP contribution in [0.5, 0.6) is 0 Å². The van der Waals surface area contributed by atoms with Gasteiger partial charge >= 0.3 is 0 Å². The average molecular weight is 127 g/mol. The van der Waals surface area contributed by atoms with Crippen LogP contribution in [-0.4, -0.2) is 0 Å². The maximum absolute atomic E-state index is 2.29. The zero-order valence-electron chi connectivity index (χ0n) is 7.20. The smallest absolute Gasteiger partial charge is 0.0383 e. The second-order valence-electron chi connectivity index (χ2n) is 3.86. The van der Waals surface area contributed by atoms with Gasteiger partial charge in [-0.05, 0) is 18.3 Å². The quantitative estimate of drug-likeness (QED) is 0.509. The highest BCUT2D eigenvalue weighted by Gasteiger charge is 2.07. The van der Waals surface area contributed by atoms with Crippen molar-refractivity contribution >= 4 is 0 Å². The second-order valence-corrected chi connectivity index (χ2v) is 3.86. The van der Waals surface area contributed by atoms with Gasteiger partial charge in [-0.2, -0.15) is 0 Å². The van der Waals surface area contributed by atoms with E-state index in [1.54, 1.807) is 0 Å². The SMILES string of the molecule is C[CH]CCCC(C)(C)C. The number of unbranched alkanes of at least 4 members (excludes halogenated alkanes) is 2. The van der Waals surface area contributed by atoms with Crippen molar-refractivity contribution in [2.75, 3.05) is 0 Å². The molecule has 0 N–H and O–H groups in total. The summed E-state index contributed by atoms with van der Waals surface area (Å²) >= 11 is 0. The standard InChI is InChI=1S/C9H19/c1-5-6-7-8-9(2,3)4/h5H,6-8H2,1-4H3. The summed E-state index contributed by atoms with van der Waals surface area (Å²) in [5.41, 5.74) is 0.531. The lowest BCUT2D eigenvalue weighted by atomic mass is 9.90. The molecule has 1 radical (unpaired) electrons. The Morgan fingerprint density at radius 2 is 1.78 bits per heavy atom. The lowest BCUT2D eigenvalue weighted by Crippen LogP contribution is -2.03. The number of hydrogen-bond acceptors (Lipinski definition) is 0. The Kier molecular flexibility index (Phi) is 3.92. The summed E-state index contributed by atoms with van der Waals surface area (Å²) in [6.07, 6.45) is 6.21. The molecule has 9 heavy (non-hydrogen) atoms. The predicted octanol–water partition coefficient (Wildman–Crippen LogP) is 3.43. The van der Waals surface area contributed by atoms with E-state index in [2.05, 4.69) is 34.1 Å². The minimum Gasteiger partial charge on any atom is -0.0623 e. The molecule has 0 amide bonds. The van der Waals surface area contributed by atoms with E-state index in [1.807, 2.05) is 0 Å². The molecule has 0 unspecified atom stereocenters. The molecule has 0 aliphatic carbocycles. The lowest BCUT2D eigenvalue weighted by Gasteiger charge is -2.16. The van der Waals surface area contributed by atoms with E-state index >= 15 is 0 Å². The largest absolute Gasteiger partial charge is 0.0623 e. The minimum absolute atomic E-state index is 0.531. The summed E-state index contributed by atoms with van der Waals surface area (Å²) in [6, 6.07) is 0. The second kappa shape index (κ2) is 3.92. The summed E-state index contributed by atoms with van der Waals surface area (Å²) in [6.45, 7) is 9.01. The molecule has 0 heterocycles. The first-order valence-corrected chi connectivity index (χ1v) is 3.84. The van der Waals surface area contributed by atoms with Crippen LogP contribution in [0.1, 0.15) is 47.0 Å². The van der Waals surface area contributed by atoms with Gasteiger partial charge in [0.15, 0.2) is 0 Å². The van der Waals surface area contributed by atoms with Crippen molar-refractivity contribution in [2.24, 2.45) is 5.41 Å². The summed E-state index contributed by atoms with van der Waals surface area (Å²) in [5.74, 6) is 0. The normalized spacial score (nSPS) is 12.0. The molecule has 0 heteroatoms. The molecule has 0 spiro atoms. The fraction of sp³-hybridized carbons (Fsp3) is 0.889. The van der Waals surface area contributed by atoms with E-state index in [-0.39, 0.29) is 0 Å². The third kappa shape index (κ3) is 8.00. The first-order valence-electron chi connectivity index (χ1n) is 3.84. The maximum atomic E-state index is 2.29. The van der Waals surface area contributed by atoms with Gasteiger partial charge in [-0.3, -0.25) is 0 Å². The van der Waals surface area contributed by atoms with E-state index in [0.717, 1.165) is 0 Å². The first kappa shape index (κ1) is 9.00. The van der Waals surface area contributed by atoms with Crippen LogP contribution in [0.15, 0.2) is 0 Å². The van der Waals surface area contributed by atoms with Gasteiger partial charge in [0.25, 0.3) is 0 Å². The van der Waals surface area contributed by atoms with Crippen molar-refractivity contribution in [1.82, 2.24) is 0 Å². The van der Waals surface area contributed by atoms with Crippen molar-refractivity contribution in [3.8, 4) is 0 Å². The summed E-state index contributed by atoms with van der Waals surface area (Å²) in [4.78, 5) is 0. The molecule has 0 aromatic heterocycles. The van der Waals surface area contributed by atoms with Gasteiger partial charge in [0.2, 0.25) is 0 Å². The van der Waals surface area contributed by atoms with Crippen molar-refractivity contribution in [3.05, 3.63) is 6.42 Å². The van der Waals surface area contributed by atoms with Crippen LogP contribution in [0.2, 0.25) is 0 Å². The number of rotatable bonds is 3. The van der Waals surface area contributed by atoms with E-state index < -0.39 is 0 Å². The minimum atomic E-state index is 0.531.